The van der Waals surface area contributed by atoms with Gasteiger partial charge in [-0.05, 0) is 60.9 Å². The van der Waals surface area contributed by atoms with Crippen LogP contribution in [0.3, 0.4) is 0 Å². The van der Waals surface area contributed by atoms with E-state index in [2.05, 4.69) is 34.0 Å². The molecule has 2 aliphatic carbocycles. The first-order valence-electron chi connectivity index (χ1n) is 9.88. The van der Waals surface area contributed by atoms with E-state index >= 15 is 0 Å². The molecule has 0 spiro atoms. The Bertz CT molecular complexity index is 1230. The first-order chi connectivity index (χ1) is 14.3. The smallest absolute Gasteiger partial charge is 0.224 e. The monoisotopic (exact) mass is 403 g/mol. The summed E-state index contributed by atoms with van der Waals surface area (Å²) in [5.41, 5.74) is 2.48. The van der Waals surface area contributed by atoms with Gasteiger partial charge < -0.3 is 0 Å². The molecule has 150 valence electrons. The van der Waals surface area contributed by atoms with E-state index in [0.29, 0.717) is 0 Å². The van der Waals surface area contributed by atoms with Gasteiger partial charge in [-0.3, -0.25) is 0 Å². The Morgan fingerprint density at radius 2 is 1.83 bits per heavy atom. The molecular formula is C23H19F2N5. The van der Waals surface area contributed by atoms with Gasteiger partial charge in [0.15, 0.2) is 0 Å². The van der Waals surface area contributed by atoms with Gasteiger partial charge in [0.2, 0.25) is 5.82 Å². The number of aromatic nitrogens is 4. The largest absolute Gasteiger partial charge is 0.232 e. The molecule has 1 fully saturated rings. The molecule has 0 unspecified atom stereocenters. The van der Waals surface area contributed by atoms with E-state index in [1.54, 1.807) is 6.07 Å². The van der Waals surface area contributed by atoms with Gasteiger partial charge in [0, 0.05) is 5.69 Å². The molecule has 5 rings (SSSR count). The predicted octanol–water partition coefficient (Wildman–Crippen LogP) is 4.60. The highest BCUT2D eigenvalue weighted by molar-refractivity contribution is 5.64. The second-order valence-electron chi connectivity index (χ2n) is 8.68. The van der Waals surface area contributed by atoms with Gasteiger partial charge >= 0.3 is 0 Å². The number of hydrogen-bond donors (Lipinski definition) is 0. The molecule has 0 amide bonds. The normalized spacial score (nSPS) is 23.3. The highest BCUT2D eigenvalue weighted by Crippen LogP contribution is 2.69. The topological polar surface area (TPSA) is 75.3 Å². The Labute approximate surface area is 172 Å². The average molecular weight is 403 g/mol. The SMILES string of the molecule is Cc1cc([C@]23CC[C@@H](c4cc(-c5c(F)cccc5F)nnc42)C3(C)C)nc(C#N)n1. The third-order valence-electron chi connectivity index (χ3n) is 6.99. The molecule has 30 heavy (non-hydrogen) atoms. The van der Waals surface area contributed by atoms with Crippen LogP contribution in [0.25, 0.3) is 11.3 Å². The fraction of sp³-hybridized carbons (Fsp3) is 0.348. The van der Waals surface area contributed by atoms with Gasteiger partial charge in [-0.1, -0.05) is 19.9 Å². The van der Waals surface area contributed by atoms with Crippen LogP contribution in [0.1, 0.15) is 61.1 Å². The second-order valence-corrected chi connectivity index (χ2v) is 8.68. The van der Waals surface area contributed by atoms with Crippen LogP contribution in [0.5, 0.6) is 0 Å². The number of aryl methyl sites for hydroxylation is 1. The summed E-state index contributed by atoms with van der Waals surface area (Å²) in [6.07, 6.45) is 1.72. The van der Waals surface area contributed by atoms with Gasteiger partial charge in [-0.15, -0.1) is 5.10 Å². The van der Waals surface area contributed by atoms with Crippen LogP contribution in [0.2, 0.25) is 0 Å². The van der Waals surface area contributed by atoms with Crippen LogP contribution in [0, 0.1) is 35.3 Å². The lowest BCUT2D eigenvalue weighted by atomic mass is 9.66. The highest BCUT2D eigenvalue weighted by atomic mass is 19.1. The summed E-state index contributed by atoms with van der Waals surface area (Å²) in [5, 5.41) is 18.1. The summed E-state index contributed by atoms with van der Waals surface area (Å²) in [6, 6.07) is 9.50. The zero-order valence-electron chi connectivity index (χ0n) is 16.9. The maximum absolute atomic E-state index is 14.3. The standard InChI is InChI=1S/C23H19F2N5/c1-12-9-18(28-19(11-26)27-12)23-8-7-14(22(23,2)3)13-10-17(29-30-21(13)23)20-15(24)5-4-6-16(20)25/h4-6,9-10,14H,7-8H2,1-3H3/t14-,23+/m0/s1. The maximum atomic E-state index is 14.3. The number of benzene rings is 1. The van der Waals surface area contributed by atoms with Gasteiger partial charge in [0.05, 0.1) is 28.1 Å². The van der Waals surface area contributed by atoms with Crippen LogP contribution in [-0.2, 0) is 5.41 Å². The minimum atomic E-state index is -0.661. The zero-order chi connectivity index (χ0) is 21.3. The second kappa shape index (κ2) is 6.11. The molecule has 3 aromatic rings. The lowest BCUT2D eigenvalue weighted by molar-refractivity contribution is 0.242. The summed E-state index contributed by atoms with van der Waals surface area (Å²) in [4.78, 5) is 8.74. The minimum Gasteiger partial charge on any atom is -0.224 e. The molecule has 2 heterocycles. The molecule has 0 saturated heterocycles. The van der Waals surface area contributed by atoms with Gasteiger partial charge in [0.1, 0.15) is 17.7 Å². The van der Waals surface area contributed by atoms with Crippen molar-refractivity contribution in [3.8, 4) is 17.3 Å². The van der Waals surface area contributed by atoms with Crippen molar-refractivity contribution in [3.05, 3.63) is 70.4 Å². The van der Waals surface area contributed by atoms with E-state index < -0.39 is 17.0 Å². The molecule has 0 radical (unpaired) electrons. The lowest BCUT2D eigenvalue weighted by Gasteiger charge is -2.37. The van der Waals surface area contributed by atoms with Crippen molar-refractivity contribution in [2.45, 2.75) is 44.9 Å². The van der Waals surface area contributed by atoms with Crippen molar-refractivity contribution in [1.82, 2.24) is 20.2 Å². The number of hydrogen-bond acceptors (Lipinski definition) is 5. The molecule has 2 aliphatic rings. The van der Waals surface area contributed by atoms with E-state index in [-0.39, 0.29) is 28.4 Å². The molecule has 0 N–H and O–H groups in total. The molecule has 2 aromatic heterocycles. The number of rotatable bonds is 2. The van der Waals surface area contributed by atoms with Crippen LogP contribution in [0.15, 0.2) is 30.3 Å². The minimum absolute atomic E-state index is 0.130. The van der Waals surface area contributed by atoms with Crippen molar-refractivity contribution in [1.29, 1.82) is 5.26 Å². The molecule has 2 bridgehead atoms. The first-order valence-corrected chi connectivity index (χ1v) is 9.88. The molecule has 5 nitrogen and oxygen atoms in total. The first kappa shape index (κ1) is 18.7. The third-order valence-corrected chi connectivity index (χ3v) is 6.99. The summed E-state index contributed by atoms with van der Waals surface area (Å²) in [7, 11) is 0. The Morgan fingerprint density at radius 3 is 2.53 bits per heavy atom. The van der Waals surface area contributed by atoms with Crippen molar-refractivity contribution in [3.63, 3.8) is 0 Å². The number of fused-ring (bicyclic) bond motifs is 5. The van der Waals surface area contributed by atoms with Crippen LogP contribution in [-0.4, -0.2) is 20.2 Å². The van der Waals surface area contributed by atoms with E-state index in [4.69, 9.17) is 0 Å². The Morgan fingerprint density at radius 1 is 1.10 bits per heavy atom. The van der Waals surface area contributed by atoms with Crippen molar-refractivity contribution in [2.75, 3.05) is 0 Å². The summed E-state index contributed by atoms with van der Waals surface area (Å²) < 4.78 is 28.7. The van der Waals surface area contributed by atoms with Gasteiger partial charge in [-0.25, -0.2) is 18.7 Å². The molecular weight excluding hydrogens is 384 g/mol. The van der Waals surface area contributed by atoms with Gasteiger partial charge in [-0.2, -0.15) is 10.4 Å². The highest BCUT2D eigenvalue weighted by Gasteiger charge is 2.65. The third kappa shape index (κ3) is 2.25. The zero-order valence-corrected chi connectivity index (χ0v) is 16.9. The average Bonchev–Trinajstić information content (AvgIpc) is 3.09. The molecule has 1 saturated carbocycles. The Hall–Kier alpha value is -3.27. The molecule has 7 heteroatoms. The number of nitrogens with zero attached hydrogens (tertiary/aromatic N) is 5. The van der Waals surface area contributed by atoms with E-state index in [1.165, 1.54) is 18.2 Å². The lowest BCUT2D eigenvalue weighted by Crippen LogP contribution is -2.38. The van der Waals surface area contributed by atoms with E-state index in [0.717, 1.165) is 35.5 Å². The fourth-order valence-corrected chi connectivity index (χ4v) is 5.59. The fourth-order valence-electron chi connectivity index (χ4n) is 5.59. The summed E-state index contributed by atoms with van der Waals surface area (Å²) in [5.74, 6) is -1.04. The maximum Gasteiger partial charge on any atom is 0.232 e. The van der Waals surface area contributed by atoms with Crippen LogP contribution in [0.4, 0.5) is 8.78 Å². The van der Waals surface area contributed by atoms with Crippen LogP contribution >= 0.6 is 0 Å². The quantitative estimate of drug-likeness (QED) is 0.625. The molecule has 1 aromatic carbocycles. The van der Waals surface area contributed by atoms with Crippen LogP contribution < -0.4 is 0 Å². The Kier molecular flexibility index (Phi) is 3.82. The van der Waals surface area contributed by atoms with Crippen molar-refractivity contribution >= 4 is 0 Å². The summed E-state index contributed by atoms with van der Waals surface area (Å²) in [6.45, 7) is 6.17. The summed E-state index contributed by atoms with van der Waals surface area (Å²) >= 11 is 0. The molecule has 0 aliphatic heterocycles. The number of nitriles is 1. The van der Waals surface area contributed by atoms with Crippen molar-refractivity contribution < 1.29 is 8.78 Å². The van der Waals surface area contributed by atoms with Crippen molar-refractivity contribution in [2.24, 2.45) is 5.41 Å². The van der Waals surface area contributed by atoms with E-state index in [9.17, 15) is 14.0 Å². The Balaban J connectivity index is 1.75. The van der Waals surface area contributed by atoms with E-state index in [1.807, 2.05) is 19.1 Å². The predicted molar refractivity (Wildman–Crippen MR) is 105 cm³/mol. The van der Waals surface area contributed by atoms with Gasteiger partial charge in [0.25, 0.3) is 0 Å². The molecule has 2 atom stereocenters. The number of halogens is 2.